The third-order valence-corrected chi connectivity index (χ3v) is 4.53. The summed E-state index contributed by atoms with van der Waals surface area (Å²) in [5.41, 5.74) is -2.03. The van der Waals surface area contributed by atoms with E-state index in [-0.39, 0.29) is 22.4 Å². The Bertz CT molecular complexity index is 1320. The fourth-order valence-electron chi connectivity index (χ4n) is 2.81. The smallest absolute Gasteiger partial charge is 0.493 e. The fraction of sp³-hybridized carbons (Fsp3) is 0.182. The lowest BCUT2D eigenvalue weighted by Gasteiger charge is -2.23. The second-order valence-corrected chi connectivity index (χ2v) is 7.11. The summed E-state index contributed by atoms with van der Waals surface area (Å²) in [5.74, 6) is -2.44. The molecule has 3 rings (SSSR count). The Balaban J connectivity index is 1.94. The van der Waals surface area contributed by atoms with Crippen LogP contribution in [-0.2, 0) is 15.8 Å². The summed E-state index contributed by atoms with van der Waals surface area (Å²) in [5, 5.41) is 4.63. The number of carbonyl (C=O) groups excluding carboxylic acids is 2. The maximum atomic E-state index is 13.0. The van der Waals surface area contributed by atoms with E-state index < -0.39 is 41.3 Å². The average Bonchev–Trinajstić information content (AvgIpc) is 2.86. The van der Waals surface area contributed by atoms with Crippen molar-refractivity contribution in [1.29, 1.82) is 0 Å². The van der Waals surface area contributed by atoms with Crippen LogP contribution in [0.4, 0.5) is 48.3 Å². The molecule has 0 saturated carbocycles. The number of hydrogen-bond acceptors (Lipinski definition) is 8. The van der Waals surface area contributed by atoms with Crippen molar-refractivity contribution in [3.63, 3.8) is 0 Å². The summed E-state index contributed by atoms with van der Waals surface area (Å²) in [6.07, 6.45) is -9.07. The number of nitrogens with one attached hydrogen (secondary N) is 2. The predicted octanol–water partition coefficient (Wildman–Crippen LogP) is 5.40. The monoisotopic (exact) mass is 545 g/mol. The van der Waals surface area contributed by atoms with Crippen LogP contribution in [0.1, 0.15) is 5.56 Å². The molecule has 16 heteroatoms. The molecule has 0 aliphatic heterocycles. The van der Waals surface area contributed by atoms with E-state index in [1.54, 1.807) is 7.05 Å². The number of alkyl halides is 6. The van der Waals surface area contributed by atoms with Crippen molar-refractivity contribution in [3.8, 4) is 17.4 Å². The number of benzene rings is 2. The molecular weight excluding hydrogens is 528 g/mol. The van der Waals surface area contributed by atoms with Gasteiger partial charge in [0.25, 0.3) is 0 Å². The standard InChI is InChI=1S/C22H17F6N5O5/c1-29-17-10-18(31-11-30-17)37-15-7-6-14(9-16(15)36-2)33(38-19(34)22(26,27)28)20(35)32-13-5-3-4-12(8-13)21(23,24)25/h3-11H,1-2H3,(H,32,35)(H,29,30,31). The zero-order chi connectivity index (χ0) is 28.1. The topological polar surface area (TPSA) is 115 Å². The van der Waals surface area contributed by atoms with E-state index in [1.165, 1.54) is 25.6 Å². The van der Waals surface area contributed by atoms with Crippen molar-refractivity contribution in [2.75, 3.05) is 29.9 Å². The molecule has 1 aromatic heterocycles. The number of anilines is 3. The van der Waals surface area contributed by atoms with E-state index in [2.05, 4.69) is 20.1 Å². The number of urea groups is 1. The maximum Gasteiger partial charge on any atom is 0.493 e. The number of rotatable bonds is 6. The van der Waals surface area contributed by atoms with Crippen LogP contribution in [0, 0.1) is 0 Å². The van der Waals surface area contributed by atoms with Crippen LogP contribution in [0.15, 0.2) is 54.9 Å². The first-order valence-electron chi connectivity index (χ1n) is 10.2. The van der Waals surface area contributed by atoms with Gasteiger partial charge in [0.05, 0.1) is 18.4 Å². The Morgan fingerprint density at radius 3 is 2.32 bits per heavy atom. The highest BCUT2D eigenvalue weighted by molar-refractivity contribution is 6.02. The quantitative estimate of drug-likeness (QED) is 0.313. The molecule has 0 spiro atoms. The Morgan fingerprint density at radius 2 is 1.68 bits per heavy atom. The molecule has 0 unspecified atom stereocenters. The number of hydroxylamine groups is 1. The molecule has 0 aliphatic rings. The SMILES string of the molecule is CNc1cc(Oc2ccc(N(OC(=O)C(F)(F)F)C(=O)Nc3cccc(C(F)(F)F)c3)cc2OC)ncn1. The molecule has 0 atom stereocenters. The number of aromatic nitrogens is 2. The van der Waals surface area contributed by atoms with E-state index in [9.17, 15) is 35.9 Å². The van der Waals surface area contributed by atoms with Crippen LogP contribution >= 0.6 is 0 Å². The number of nitrogens with zero attached hydrogens (tertiary/aromatic N) is 3. The van der Waals surface area contributed by atoms with Gasteiger partial charge < -0.3 is 24.9 Å². The second-order valence-electron chi connectivity index (χ2n) is 7.11. The molecule has 1 heterocycles. The maximum absolute atomic E-state index is 13.0. The van der Waals surface area contributed by atoms with Crippen molar-refractivity contribution in [2.45, 2.75) is 12.4 Å². The van der Waals surface area contributed by atoms with E-state index in [0.29, 0.717) is 11.9 Å². The number of amides is 2. The van der Waals surface area contributed by atoms with Crippen molar-refractivity contribution < 1.29 is 50.2 Å². The molecule has 2 N–H and O–H groups in total. The molecule has 0 saturated heterocycles. The Kier molecular flexibility index (Phi) is 8.13. The van der Waals surface area contributed by atoms with E-state index >= 15 is 0 Å². The number of carbonyl (C=O) groups is 2. The minimum Gasteiger partial charge on any atom is -0.493 e. The summed E-state index contributed by atoms with van der Waals surface area (Å²) in [7, 11) is 2.78. The van der Waals surface area contributed by atoms with Gasteiger partial charge in [-0.25, -0.2) is 19.6 Å². The van der Waals surface area contributed by atoms with Crippen molar-refractivity contribution in [1.82, 2.24) is 9.97 Å². The fourth-order valence-corrected chi connectivity index (χ4v) is 2.81. The van der Waals surface area contributed by atoms with Crippen LogP contribution in [0.2, 0.25) is 0 Å². The van der Waals surface area contributed by atoms with E-state index in [1.807, 2.05) is 5.32 Å². The number of methoxy groups -OCH3 is 1. The normalized spacial score (nSPS) is 11.4. The van der Waals surface area contributed by atoms with Crippen LogP contribution in [0.5, 0.6) is 17.4 Å². The van der Waals surface area contributed by atoms with Crippen LogP contribution in [-0.4, -0.2) is 42.3 Å². The highest BCUT2D eigenvalue weighted by Gasteiger charge is 2.44. The lowest BCUT2D eigenvalue weighted by Crippen LogP contribution is -2.41. The lowest BCUT2D eigenvalue weighted by molar-refractivity contribution is -0.199. The largest absolute Gasteiger partial charge is 0.493 e. The van der Waals surface area contributed by atoms with Gasteiger partial charge in [-0.3, -0.25) is 0 Å². The predicted molar refractivity (Wildman–Crippen MR) is 120 cm³/mol. The molecular formula is C22H17F6N5O5. The first-order chi connectivity index (χ1) is 17.8. The van der Waals surface area contributed by atoms with Gasteiger partial charge in [0, 0.05) is 24.9 Å². The van der Waals surface area contributed by atoms with Crippen LogP contribution in [0.3, 0.4) is 0 Å². The molecule has 0 aliphatic carbocycles. The van der Waals surface area contributed by atoms with Gasteiger partial charge in [-0.2, -0.15) is 26.3 Å². The third kappa shape index (κ3) is 6.92. The highest BCUT2D eigenvalue weighted by atomic mass is 19.4. The summed E-state index contributed by atoms with van der Waals surface area (Å²) < 4.78 is 88.4. The minimum atomic E-state index is -5.50. The summed E-state index contributed by atoms with van der Waals surface area (Å²) in [6, 6.07) is 6.37. The lowest BCUT2D eigenvalue weighted by atomic mass is 10.2. The second kappa shape index (κ2) is 11.1. The van der Waals surface area contributed by atoms with Gasteiger partial charge in [-0.1, -0.05) is 6.07 Å². The molecule has 38 heavy (non-hydrogen) atoms. The average molecular weight is 545 g/mol. The third-order valence-electron chi connectivity index (χ3n) is 4.53. The molecule has 202 valence electrons. The minimum absolute atomic E-state index is 0.00242. The van der Waals surface area contributed by atoms with Gasteiger partial charge in [-0.05, 0) is 30.3 Å². The molecule has 2 amide bonds. The summed E-state index contributed by atoms with van der Waals surface area (Å²) >= 11 is 0. The van der Waals surface area contributed by atoms with E-state index in [4.69, 9.17) is 9.47 Å². The van der Waals surface area contributed by atoms with Crippen LogP contribution in [0.25, 0.3) is 0 Å². The van der Waals surface area contributed by atoms with Gasteiger partial charge in [0.2, 0.25) is 5.88 Å². The van der Waals surface area contributed by atoms with Crippen LogP contribution < -0.4 is 25.2 Å². The van der Waals surface area contributed by atoms with Gasteiger partial charge in [-0.15, -0.1) is 5.06 Å². The Hall–Kier alpha value is -4.76. The molecule has 0 bridgehead atoms. The zero-order valence-electron chi connectivity index (χ0n) is 19.3. The highest BCUT2D eigenvalue weighted by Crippen LogP contribution is 2.36. The number of halogens is 6. The summed E-state index contributed by atoms with van der Waals surface area (Å²) in [6.45, 7) is 0. The molecule has 0 fully saturated rings. The number of hydrogen-bond donors (Lipinski definition) is 2. The van der Waals surface area contributed by atoms with Gasteiger partial charge >= 0.3 is 24.4 Å². The molecule has 3 aromatic rings. The molecule has 2 aromatic carbocycles. The molecule has 0 radical (unpaired) electrons. The number of ether oxygens (including phenoxy) is 2. The van der Waals surface area contributed by atoms with Crippen molar-refractivity contribution in [2.24, 2.45) is 0 Å². The first kappa shape index (κ1) is 27.8. The zero-order valence-corrected chi connectivity index (χ0v) is 19.3. The first-order valence-corrected chi connectivity index (χ1v) is 10.2. The van der Waals surface area contributed by atoms with Gasteiger partial charge in [0.1, 0.15) is 12.1 Å². The summed E-state index contributed by atoms with van der Waals surface area (Å²) in [4.78, 5) is 36.3. The van der Waals surface area contributed by atoms with Crippen molar-refractivity contribution >= 4 is 29.2 Å². The molecule has 10 nitrogen and oxygen atoms in total. The van der Waals surface area contributed by atoms with E-state index in [0.717, 1.165) is 30.3 Å². The van der Waals surface area contributed by atoms with Crippen molar-refractivity contribution in [3.05, 3.63) is 60.4 Å². The van der Waals surface area contributed by atoms with Gasteiger partial charge in [0.15, 0.2) is 11.5 Å². The Labute approximate surface area is 210 Å². The Morgan fingerprint density at radius 1 is 0.947 bits per heavy atom.